The van der Waals surface area contributed by atoms with Crippen molar-refractivity contribution < 1.29 is 17.9 Å². The van der Waals surface area contributed by atoms with Gasteiger partial charge in [-0.05, 0) is 55.3 Å². The zero-order valence-electron chi connectivity index (χ0n) is 15.0. The van der Waals surface area contributed by atoms with Crippen LogP contribution in [-0.2, 0) is 14.8 Å². The minimum Gasteiger partial charge on any atom is -0.377 e. The largest absolute Gasteiger partial charge is 0.377 e. The number of H-pyrrole nitrogens is 1. The average Bonchev–Trinajstić information content (AvgIpc) is 3.38. The Morgan fingerprint density at radius 3 is 2.79 bits per heavy atom. The quantitative estimate of drug-likeness (QED) is 0.587. The van der Waals surface area contributed by atoms with Gasteiger partial charge in [0.15, 0.2) is 0 Å². The highest BCUT2D eigenvalue weighted by molar-refractivity contribution is 7.89. The zero-order chi connectivity index (χ0) is 19.6. The summed E-state index contributed by atoms with van der Waals surface area (Å²) in [5.41, 5.74) is 1.88. The van der Waals surface area contributed by atoms with Crippen LogP contribution in [-0.4, -0.2) is 43.8 Å². The van der Waals surface area contributed by atoms with Gasteiger partial charge < -0.3 is 10.1 Å². The number of ether oxygens (including phenoxy) is 1. The summed E-state index contributed by atoms with van der Waals surface area (Å²) >= 11 is 0. The SMILES string of the molecule is O=C(Nc1ccc2[nH]ncc2c1)c1ccc(S(=O)(=O)NCC2CCCO2)cc1. The van der Waals surface area contributed by atoms with Crippen LogP contribution in [0.1, 0.15) is 23.2 Å². The minimum atomic E-state index is -3.64. The molecule has 1 atom stereocenters. The Morgan fingerprint density at radius 2 is 2.04 bits per heavy atom. The van der Waals surface area contributed by atoms with Gasteiger partial charge in [-0.25, -0.2) is 13.1 Å². The molecule has 3 aromatic rings. The minimum absolute atomic E-state index is 0.0765. The molecule has 1 amide bonds. The van der Waals surface area contributed by atoms with Gasteiger partial charge in [-0.2, -0.15) is 5.10 Å². The smallest absolute Gasteiger partial charge is 0.255 e. The molecule has 1 aromatic heterocycles. The van der Waals surface area contributed by atoms with Crippen molar-refractivity contribution in [3.05, 3.63) is 54.2 Å². The summed E-state index contributed by atoms with van der Waals surface area (Å²) in [7, 11) is -3.64. The summed E-state index contributed by atoms with van der Waals surface area (Å²) in [5, 5.41) is 10.5. The van der Waals surface area contributed by atoms with Crippen molar-refractivity contribution in [2.45, 2.75) is 23.8 Å². The number of aromatic nitrogens is 2. The molecule has 1 fully saturated rings. The van der Waals surface area contributed by atoms with E-state index >= 15 is 0 Å². The Bertz CT molecular complexity index is 1090. The second-order valence-electron chi connectivity index (χ2n) is 6.64. The van der Waals surface area contributed by atoms with E-state index in [1.807, 2.05) is 12.1 Å². The van der Waals surface area contributed by atoms with Crippen molar-refractivity contribution in [2.75, 3.05) is 18.5 Å². The summed E-state index contributed by atoms with van der Waals surface area (Å²) in [5.74, 6) is -0.320. The van der Waals surface area contributed by atoms with Crippen LogP contribution < -0.4 is 10.0 Å². The maximum atomic E-state index is 12.4. The monoisotopic (exact) mass is 400 g/mol. The first-order valence-corrected chi connectivity index (χ1v) is 10.5. The van der Waals surface area contributed by atoms with Gasteiger partial charge in [-0.15, -0.1) is 0 Å². The van der Waals surface area contributed by atoms with Crippen molar-refractivity contribution >= 4 is 32.5 Å². The number of carbonyl (C=O) groups is 1. The van der Waals surface area contributed by atoms with Crippen molar-refractivity contribution in [1.29, 1.82) is 0 Å². The second-order valence-corrected chi connectivity index (χ2v) is 8.40. The van der Waals surface area contributed by atoms with Gasteiger partial charge >= 0.3 is 0 Å². The van der Waals surface area contributed by atoms with Gasteiger partial charge in [-0.1, -0.05) is 0 Å². The highest BCUT2D eigenvalue weighted by Gasteiger charge is 2.20. The first-order chi connectivity index (χ1) is 13.5. The number of fused-ring (bicyclic) bond motifs is 1. The molecule has 0 bridgehead atoms. The number of aromatic amines is 1. The predicted molar refractivity (Wildman–Crippen MR) is 105 cm³/mol. The molecule has 0 radical (unpaired) electrons. The lowest BCUT2D eigenvalue weighted by atomic mass is 10.2. The maximum absolute atomic E-state index is 12.4. The number of hydrogen-bond acceptors (Lipinski definition) is 5. The van der Waals surface area contributed by atoms with Crippen LogP contribution in [0.15, 0.2) is 53.6 Å². The third kappa shape index (κ3) is 4.06. The molecule has 3 N–H and O–H groups in total. The summed E-state index contributed by atoms with van der Waals surface area (Å²) in [6.07, 6.45) is 3.40. The van der Waals surface area contributed by atoms with Gasteiger partial charge in [0.2, 0.25) is 10.0 Å². The Hall–Kier alpha value is -2.75. The molecular weight excluding hydrogens is 380 g/mol. The Balaban J connectivity index is 1.42. The third-order valence-corrected chi connectivity index (χ3v) is 6.09. The fourth-order valence-electron chi connectivity index (χ4n) is 3.10. The molecule has 28 heavy (non-hydrogen) atoms. The third-order valence-electron chi connectivity index (χ3n) is 4.65. The van der Waals surface area contributed by atoms with Crippen molar-refractivity contribution in [2.24, 2.45) is 0 Å². The van der Waals surface area contributed by atoms with Crippen LogP contribution in [0, 0.1) is 0 Å². The number of nitrogens with one attached hydrogen (secondary N) is 3. The molecule has 1 saturated heterocycles. The van der Waals surface area contributed by atoms with Crippen LogP contribution in [0.2, 0.25) is 0 Å². The first kappa shape index (κ1) is 18.6. The molecule has 4 rings (SSSR count). The van der Waals surface area contributed by atoms with Crippen LogP contribution in [0.4, 0.5) is 5.69 Å². The number of rotatable bonds is 6. The Morgan fingerprint density at radius 1 is 1.21 bits per heavy atom. The lowest BCUT2D eigenvalue weighted by Gasteiger charge is -2.12. The number of benzene rings is 2. The standard InChI is InChI=1S/C19H20N4O4S/c24-19(22-15-5-8-18-14(10-15)11-20-23-18)13-3-6-17(7-4-13)28(25,26)21-12-16-2-1-9-27-16/h3-8,10-11,16,21H,1-2,9,12H2,(H,20,23)(H,22,24). The number of carbonyl (C=O) groups excluding carboxylic acids is 1. The highest BCUT2D eigenvalue weighted by atomic mass is 32.2. The number of amides is 1. The molecule has 146 valence electrons. The summed E-state index contributed by atoms with van der Waals surface area (Å²) in [4.78, 5) is 12.5. The van der Waals surface area contributed by atoms with Crippen molar-refractivity contribution in [1.82, 2.24) is 14.9 Å². The van der Waals surface area contributed by atoms with Gasteiger partial charge in [0.05, 0.1) is 22.7 Å². The Labute approximate surface area is 162 Å². The summed E-state index contributed by atoms with van der Waals surface area (Å²) in [6, 6.07) is 11.2. The van der Waals surface area contributed by atoms with E-state index in [4.69, 9.17) is 4.74 Å². The zero-order valence-corrected chi connectivity index (χ0v) is 15.8. The molecule has 9 heteroatoms. The van der Waals surface area contributed by atoms with Crippen LogP contribution in [0.5, 0.6) is 0 Å². The van der Waals surface area contributed by atoms with Crippen molar-refractivity contribution in [3.63, 3.8) is 0 Å². The number of anilines is 1. The molecule has 2 heterocycles. The topological polar surface area (TPSA) is 113 Å². The summed E-state index contributed by atoms with van der Waals surface area (Å²) < 4.78 is 32.8. The summed E-state index contributed by atoms with van der Waals surface area (Å²) in [6.45, 7) is 0.921. The molecule has 1 aliphatic heterocycles. The van der Waals surface area contributed by atoms with E-state index in [1.54, 1.807) is 12.3 Å². The predicted octanol–water partition coefficient (Wildman–Crippen LogP) is 2.27. The lowest BCUT2D eigenvalue weighted by Crippen LogP contribution is -2.31. The van der Waals surface area contributed by atoms with E-state index in [9.17, 15) is 13.2 Å². The normalized spacial score (nSPS) is 17.1. The van der Waals surface area contributed by atoms with E-state index in [0.29, 0.717) is 17.9 Å². The van der Waals surface area contributed by atoms with Crippen LogP contribution >= 0.6 is 0 Å². The van der Waals surface area contributed by atoms with Crippen LogP contribution in [0.3, 0.4) is 0 Å². The van der Waals surface area contributed by atoms with Gasteiger partial charge in [-0.3, -0.25) is 9.89 Å². The maximum Gasteiger partial charge on any atom is 0.255 e. The Kier molecular flexibility index (Phi) is 5.12. The molecule has 2 aromatic carbocycles. The molecule has 0 aliphatic carbocycles. The van der Waals surface area contributed by atoms with E-state index in [-0.39, 0.29) is 23.5 Å². The van der Waals surface area contributed by atoms with E-state index in [0.717, 1.165) is 23.7 Å². The lowest BCUT2D eigenvalue weighted by molar-refractivity contribution is 0.102. The number of nitrogens with zero attached hydrogens (tertiary/aromatic N) is 1. The van der Waals surface area contributed by atoms with E-state index < -0.39 is 10.0 Å². The number of sulfonamides is 1. The highest BCUT2D eigenvalue weighted by Crippen LogP contribution is 2.18. The second kappa shape index (κ2) is 7.70. The van der Waals surface area contributed by atoms with Crippen molar-refractivity contribution in [3.8, 4) is 0 Å². The molecule has 0 spiro atoms. The fraction of sp³-hybridized carbons (Fsp3) is 0.263. The fourth-order valence-corrected chi connectivity index (χ4v) is 4.17. The average molecular weight is 400 g/mol. The molecule has 8 nitrogen and oxygen atoms in total. The molecule has 1 unspecified atom stereocenters. The van der Waals surface area contributed by atoms with Gasteiger partial charge in [0.1, 0.15) is 0 Å². The molecular formula is C19H20N4O4S. The van der Waals surface area contributed by atoms with Crippen LogP contribution in [0.25, 0.3) is 10.9 Å². The van der Waals surface area contributed by atoms with Gasteiger partial charge in [0, 0.05) is 29.8 Å². The van der Waals surface area contributed by atoms with Gasteiger partial charge in [0.25, 0.3) is 5.91 Å². The number of hydrogen-bond donors (Lipinski definition) is 3. The van der Waals surface area contributed by atoms with E-state index in [2.05, 4.69) is 20.2 Å². The molecule has 1 aliphatic rings. The molecule has 0 saturated carbocycles. The van der Waals surface area contributed by atoms with E-state index in [1.165, 1.54) is 24.3 Å². The first-order valence-electron chi connectivity index (χ1n) is 8.97.